The summed E-state index contributed by atoms with van der Waals surface area (Å²) >= 11 is 1.48. The smallest absolute Gasteiger partial charge is 0.407 e. The molecule has 2 heterocycles. The predicted molar refractivity (Wildman–Crippen MR) is 137 cm³/mol. The van der Waals surface area contributed by atoms with E-state index in [1.165, 1.54) is 16.9 Å². The first kappa shape index (κ1) is 24.7. The summed E-state index contributed by atoms with van der Waals surface area (Å²) in [5.41, 5.74) is 5.74. The minimum atomic E-state index is -0.863. The number of carbonyl (C=O) groups is 1. The van der Waals surface area contributed by atoms with Crippen molar-refractivity contribution in [2.24, 2.45) is 5.92 Å². The maximum atomic E-state index is 11.9. The monoisotopic (exact) mass is 490 g/mol. The third-order valence-electron chi connectivity index (χ3n) is 6.28. The Morgan fingerprint density at radius 3 is 2.63 bits per heavy atom. The summed E-state index contributed by atoms with van der Waals surface area (Å²) in [6, 6.07) is 11.7. The van der Waals surface area contributed by atoms with Crippen molar-refractivity contribution in [2.75, 3.05) is 6.54 Å². The molecule has 35 heavy (non-hydrogen) atoms. The van der Waals surface area contributed by atoms with Crippen molar-refractivity contribution >= 4 is 17.4 Å². The lowest BCUT2D eigenvalue weighted by atomic mass is 9.84. The van der Waals surface area contributed by atoms with Crippen LogP contribution in [0.1, 0.15) is 62.4 Å². The van der Waals surface area contributed by atoms with Gasteiger partial charge in [-0.2, -0.15) is 5.26 Å². The molecule has 0 radical (unpaired) electrons. The van der Waals surface area contributed by atoms with Crippen LogP contribution in [-0.2, 0) is 6.42 Å². The third kappa shape index (κ3) is 5.01. The molecule has 1 aromatic heterocycles. The van der Waals surface area contributed by atoms with E-state index in [4.69, 9.17) is 4.74 Å². The number of fused-ring (bicyclic) bond motifs is 1. The van der Waals surface area contributed by atoms with Gasteiger partial charge in [0.25, 0.3) is 0 Å². The molecule has 7 nitrogen and oxygen atoms in total. The van der Waals surface area contributed by atoms with Crippen LogP contribution in [0.15, 0.2) is 30.3 Å². The van der Waals surface area contributed by atoms with Crippen LogP contribution in [0.3, 0.4) is 0 Å². The van der Waals surface area contributed by atoms with Crippen LogP contribution in [0.25, 0.3) is 21.1 Å². The van der Waals surface area contributed by atoms with Crippen molar-refractivity contribution in [3.63, 3.8) is 0 Å². The Morgan fingerprint density at radius 2 is 1.97 bits per heavy atom. The molecule has 0 spiro atoms. The molecule has 1 unspecified atom stereocenters. The van der Waals surface area contributed by atoms with E-state index in [1.807, 2.05) is 32.0 Å². The lowest BCUT2D eigenvalue weighted by molar-refractivity contribution is 0.113. The van der Waals surface area contributed by atoms with Crippen molar-refractivity contribution in [1.82, 2.24) is 15.1 Å². The number of amides is 1. The normalized spacial score (nSPS) is 15.3. The number of hydrogen-bond donors (Lipinski definition) is 1. The summed E-state index contributed by atoms with van der Waals surface area (Å²) in [5.74, 6) is 0.946. The van der Waals surface area contributed by atoms with Crippen LogP contribution < -0.4 is 4.74 Å². The van der Waals surface area contributed by atoms with E-state index in [0.29, 0.717) is 30.2 Å². The van der Waals surface area contributed by atoms with Gasteiger partial charge in [0.05, 0.1) is 17.7 Å². The van der Waals surface area contributed by atoms with Gasteiger partial charge in [0.15, 0.2) is 0 Å². The molecule has 3 aromatic rings. The van der Waals surface area contributed by atoms with Crippen molar-refractivity contribution in [1.29, 1.82) is 5.26 Å². The minimum Gasteiger partial charge on any atom is -0.490 e. The number of rotatable bonds is 6. The Bertz CT molecular complexity index is 1290. The van der Waals surface area contributed by atoms with Crippen LogP contribution in [0.2, 0.25) is 0 Å². The fraction of sp³-hybridized carbons (Fsp3) is 0.407. The average Bonchev–Trinajstić information content (AvgIpc) is 3.29. The molecular weight excluding hydrogens is 460 g/mol. The minimum absolute atomic E-state index is 0.0178. The first-order chi connectivity index (χ1) is 16.7. The fourth-order valence-corrected chi connectivity index (χ4v) is 5.62. The summed E-state index contributed by atoms with van der Waals surface area (Å²) in [6.07, 6.45) is 0.595. The van der Waals surface area contributed by atoms with E-state index >= 15 is 0 Å². The van der Waals surface area contributed by atoms with Gasteiger partial charge in [-0.1, -0.05) is 37.3 Å². The lowest BCUT2D eigenvalue weighted by Gasteiger charge is -2.37. The fourth-order valence-electron chi connectivity index (χ4n) is 4.69. The van der Waals surface area contributed by atoms with Crippen LogP contribution in [-0.4, -0.2) is 38.9 Å². The Labute approximate surface area is 210 Å². The van der Waals surface area contributed by atoms with E-state index in [0.717, 1.165) is 38.7 Å². The molecule has 0 saturated carbocycles. The van der Waals surface area contributed by atoms with E-state index in [-0.39, 0.29) is 12.1 Å². The molecule has 4 rings (SSSR count). The first-order valence-electron chi connectivity index (χ1n) is 11.9. The van der Waals surface area contributed by atoms with Crippen LogP contribution in [0.4, 0.5) is 4.79 Å². The second-order valence-electron chi connectivity index (χ2n) is 9.58. The molecule has 0 bridgehead atoms. The van der Waals surface area contributed by atoms with Gasteiger partial charge >= 0.3 is 6.09 Å². The Balaban J connectivity index is 1.68. The highest BCUT2D eigenvalue weighted by Gasteiger charge is 2.32. The van der Waals surface area contributed by atoms with Crippen molar-refractivity contribution in [3.05, 3.63) is 52.6 Å². The lowest BCUT2D eigenvalue weighted by Crippen LogP contribution is -2.40. The number of nitriles is 1. The Kier molecular flexibility index (Phi) is 7.08. The van der Waals surface area contributed by atoms with Gasteiger partial charge in [-0.25, -0.2) is 4.79 Å². The van der Waals surface area contributed by atoms with Crippen molar-refractivity contribution in [2.45, 2.75) is 59.6 Å². The molecule has 1 atom stereocenters. The van der Waals surface area contributed by atoms with Gasteiger partial charge in [-0.3, -0.25) is 0 Å². The zero-order valence-corrected chi connectivity index (χ0v) is 21.5. The molecule has 1 aliphatic rings. The standard InChI is InChI=1S/C27H30N4O3S/c1-15(2)12-23-22-8-7-21(17(5)20(22)10-11-31(23)27(32)33)26-30-29-25(35-26)18-6-9-24(34-16(3)4)19(13-18)14-28/h6-9,13,15-16,23H,10-12H2,1-5H3,(H,32,33). The number of nitrogens with zero attached hydrogens (tertiary/aromatic N) is 4. The summed E-state index contributed by atoms with van der Waals surface area (Å²) in [6.45, 7) is 10.7. The van der Waals surface area contributed by atoms with E-state index in [2.05, 4.69) is 43.1 Å². The number of carboxylic acid groups (broad SMARTS) is 1. The Hall–Kier alpha value is -3.44. The van der Waals surface area contributed by atoms with E-state index in [1.54, 1.807) is 11.0 Å². The second kappa shape index (κ2) is 10.0. The number of ether oxygens (including phenoxy) is 1. The molecule has 1 aliphatic heterocycles. The van der Waals surface area contributed by atoms with Gasteiger partial charge in [0, 0.05) is 17.7 Å². The zero-order chi connectivity index (χ0) is 25.3. The molecule has 1 N–H and O–H groups in total. The molecular formula is C27H30N4O3S. The first-order valence-corrected chi connectivity index (χ1v) is 12.7. The van der Waals surface area contributed by atoms with Gasteiger partial charge in [0.1, 0.15) is 21.8 Å². The summed E-state index contributed by atoms with van der Waals surface area (Å²) in [5, 5.41) is 29.7. The molecule has 8 heteroatoms. The van der Waals surface area contributed by atoms with Gasteiger partial charge in [0.2, 0.25) is 0 Å². The molecule has 0 saturated heterocycles. The number of benzene rings is 2. The highest BCUT2D eigenvalue weighted by molar-refractivity contribution is 7.17. The average molecular weight is 491 g/mol. The maximum Gasteiger partial charge on any atom is 0.407 e. The van der Waals surface area contributed by atoms with Crippen molar-refractivity contribution < 1.29 is 14.6 Å². The topological polar surface area (TPSA) is 99.3 Å². The van der Waals surface area contributed by atoms with E-state index in [9.17, 15) is 15.2 Å². The number of aromatic nitrogens is 2. The van der Waals surface area contributed by atoms with Gasteiger partial charge in [-0.15, -0.1) is 10.2 Å². The Morgan fingerprint density at radius 1 is 1.23 bits per heavy atom. The third-order valence-corrected chi connectivity index (χ3v) is 7.28. The second-order valence-corrected chi connectivity index (χ2v) is 10.6. The van der Waals surface area contributed by atoms with Gasteiger partial charge < -0.3 is 14.7 Å². The van der Waals surface area contributed by atoms with E-state index < -0.39 is 6.09 Å². The molecule has 2 aromatic carbocycles. The summed E-state index contributed by atoms with van der Waals surface area (Å²) in [7, 11) is 0. The van der Waals surface area contributed by atoms with Crippen LogP contribution >= 0.6 is 11.3 Å². The van der Waals surface area contributed by atoms with Gasteiger partial charge in [-0.05, 0) is 74.4 Å². The van der Waals surface area contributed by atoms with Crippen LogP contribution in [0.5, 0.6) is 5.75 Å². The largest absolute Gasteiger partial charge is 0.490 e. The summed E-state index contributed by atoms with van der Waals surface area (Å²) in [4.78, 5) is 13.4. The highest BCUT2D eigenvalue weighted by atomic mass is 32.1. The number of hydrogen-bond acceptors (Lipinski definition) is 6. The molecule has 182 valence electrons. The molecule has 0 aliphatic carbocycles. The maximum absolute atomic E-state index is 11.9. The SMILES string of the molecule is Cc1c(-c2nnc(-c3ccc(OC(C)C)c(C#N)c3)s2)ccc2c1CCN(C(=O)O)C2CC(C)C. The van der Waals surface area contributed by atoms with Crippen LogP contribution in [0, 0.1) is 24.2 Å². The predicted octanol–water partition coefficient (Wildman–Crippen LogP) is 6.46. The van der Waals surface area contributed by atoms with Crippen molar-refractivity contribution in [3.8, 4) is 33.0 Å². The molecule has 1 amide bonds. The summed E-state index contributed by atoms with van der Waals surface area (Å²) < 4.78 is 5.73. The quantitative estimate of drug-likeness (QED) is 0.425. The zero-order valence-electron chi connectivity index (χ0n) is 20.7. The molecule has 0 fully saturated rings. The highest BCUT2D eigenvalue weighted by Crippen LogP contribution is 2.40.